The molecule has 0 bridgehead atoms. The fourth-order valence-electron chi connectivity index (χ4n) is 2.38. The van der Waals surface area contributed by atoms with Gasteiger partial charge < -0.3 is 4.74 Å². The van der Waals surface area contributed by atoms with Crippen LogP contribution in [0, 0.1) is 25.2 Å². The highest BCUT2D eigenvalue weighted by Crippen LogP contribution is 2.29. The molecule has 21 heavy (non-hydrogen) atoms. The van der Waals surface area contributed by atoms with Gasteiger partial charge in [-0.05, 0) is 43.0 Å². The number of imidazole rings is 1. The molecule has 1 aromatic carbocycles. The van der Waals surface area contributed by atoms with E-state index < -0.39 is 0 Å². The highest BCUT2D eigenvalue weighted by Gasteiger charge is 2.13. The molecule has 0 radical (unpaired) electrons. The molecule has 2 aromatic heterocycles. The standard InChI is InChI=1S/C16H14N4O/c1-10-8-20(9-18-10)16-13-5-4-12(21-3)6-14(13)11(2)15(7-17)19-16/h4-6,8-9H,1-3H3. The molecule has 0 aliphatic heterocycles. The first-order valence-corrected chi connectivity index (χ1v) is 6.53. The fourth-order valence-corrected chi connectivity index (χ4v) is 2.38. The smallest absolute Gasteiger partial charge is 0.147 e. The van der Waals surface area contributed by atoms with Gasteiger partial charge >= 0.3 is 0 Å². The van der Waals surface area contributed by atoms with Crippen LogP contribution in [0.25, 0.3) is 16.6 Å². The van der Waals surface area contributed by atoms with E-state index in [9.17, 15) is 5.26 Å². The number of aromatic nitrogens is 3. The number of hydrogen-bond donors (Lipinski definition) is 0. The average Bonchev–Trinajstić information content (AvgIpc) is 2.94. The number of ether oxygens (including phenoxy) is 1. The van der Waals surface area contributed by atoms with E-state index in [4.69, 9.17) is 4.74 Å². The summed E-state index contributed by atoms with van der Waals surface area (Å²) in [6.07, 6.45) is 3.60. The Morgan fingerprint density at radius 3 is 2.67 bits per heavy atom. The van der Waals surface area contributed by atoms with Crippen LogP contribution in [-0.2, 0) is 0 Å². The zero-order chi connectivity index (χ0) is 15.0. The van der Waals surface area contributed by atoms with Crippen LogP contribution in [0.3, 0.4) is 0 Å². The van der Waals surface area contributed by atoms with Gasteiger partial charge in [-0.1, -0.05) is 0 Å². The Morgan fingerprint density at radius 1 is 1.24 bits per heavy atom. The molecule has 3 rings (SSSR count). The maximum atomic E-state index is 9.31. The Morgan fingerprint density at radius 2 is 2.05 bits per heavy atom. The third-order valence-electron chi connectivity index (χ3n) is 3.51. The third kappa shape index (κ3) is 2.11. The molecule has 104 valence electrons. The zero-order valence-corrected chi connectivity index (χ0v) is 12.1. The summed E-state index contributed by atoms with van der Waals surface area (Å²) < 4.78 is 7.12. The summed E-state index contributed by atoms with van der Waals surface area (Å²) in [5.74, 6) is 1.46. The monoisotopic (exact) mass is 278 g/mol. The van der Waals surface area contributed by atoms with E-state index in [0.29, 0.717) is 11.5 Å². The van der Waals surface area contributed by atoms with Crippen molar-refractivity contribution in [1.82, 2.24) is 14.5 Å². The first-order valence-electron chi connectivity index (χ1n) is 6.53. The molecule has 0 unspecified atom stereocenters. The van der Waals surface area contributed by atoms with Crippen molar-refractivity contribution in [2.24, 2.45) is 0 Å². The minimum Gasteiger partial charge on any atom is -0.497 e. The van der Waals surface area contributed by atoms with Crippen molar-refractivity contribution < 1.29 is 4.74 Å². The van der Waals surface area contributed by atoms with Gasteiger partial charge in [0.15, 0.2) is 0 Å². The van der Waals surface area contributed by atoms with Gasteiger partial charge in [0.05, 0.1) is 12.8 Å². The van der Waals surface area contributed by atoms with E-state index in [2.05, 4.69) is 16.0 Å². The van der Waals surface area contributed by atoms with Gasteiger partial charge in [-0.15, -0.1) is 0 Å². The van der Waals surface area contributed by atoms with Crippen molar-refractivity contribution in [3.63, 3.8) is 0 Å². The van der Waals surface area contributed by atoms with Gasteiger partial charge in [-0.25, -0.2) is 9.97 Å². The van der Waals surface area contributed by atoms with Gasteiger partial charge in [0.25, 0.3) is 0 Å². The molecule has 2 heterocycles. The zero-order valence-electron chi connectivity index (χ0n) is 12.1. The number of benzene rings is 1. The van der Waals surface area contributed by atoms with Gasteiger partial charge in [0.2, 0.25) is 0 Å². The van der Waals surface area contributed by atoms with E-state index in [1.807, 2.05) is 42.8 Å². The highest BCUT2D eigenvalue weighted by molar-refractivity contribution is 5.93. The van der Waals surface area contributed by atoms with Gasteiger partial charge in [0, 0.05) is 11.6 Å². The molecule has 0 saturated heterocycles. The lowest BCUT2D eigenvalue weighted by molar-refractivity contribution is 0.415. The fraction of sp³-hybridized carbons (Fsp3) is 0.188. The number of methoxy groups -OCH3 is 1. The Labute approximate surface area is 122 Å². The summed E-state index contributed by atoms with van der Waals surface area (Å²) in [7, 11) is 1.63. The largest absolute Gasteiger partial charge is 0.497 e. The quantitative estimate of drug-likeness (QED) is 0.723. The van der Waals surface area contributed by atoms with Crippen molar-refractivity contribution in [2.75, 3.05) is 7.11 Å². The number of aryl methyl sites for hydroxylation is 2. The van der Waals surface area contributed by atoms with E-state index in [1.54, 1.807) is 13.4 Å². The minimum atomic E-state index is 0.414. The number of pyridine rings is 1. The van der Waals surface area contributed by atoms with Crippen LogP contribution >= 0.6 is 0 Å². The van der Waals surface area contributed by atoms with Crippen molar-refractivity contribution in [3.8, 4) is 17.6 Å². The summed E-state index contributed by atoms with van der Waals surface area (Å²) in [5.41, 5.74) is 2.17. The second-order valence-corrected chi connectivity index (χ2v) is 4.85. The predicted molar refractivity (Wildman–Crippen MR) is 79.6 cm³/mol. The van der Waals surface area contributed by atoms with Crippen molar-refractivity contribution >= 4 is 10.8 Å². The summed E-state index contributed by atoms with van der Waals surface area (Å²) in [6.45, 7) is 3.82. The molecule has 0 amide bonds. The predicted octanol–water partition coefficient (Wildman–Crippen LogP) is 2.92. The molecule has 0 aliphatic carbocycles. The normalized spacial score (nSPS) is 10.6. The molecule has 0 aliphatic rings. The van der Waals surface area contributed by atoms with Gasteiger partial charge in [-0.3, -0.25) is 4.57 Å². The number of rotatable bonds is 2. The van der Waals surface area contributed by atoms with Gasteiger partial charge in [-0.2, -0.15) is 5.26 Å². The molecule has 5 heteroatoms. The molecule has 0 spiro atoms. The van der Waals surface area contributed by atoms with E-state index in [1.165, 1.54) is 0 Å². The van der Waals surface area contributed by atoms with Gasteiger partial charge in [0.1, 0.15) is 29.7 Å². The molecule has 0 saturated carbocycles. The van der Waals surface area contributed by atoms with Crippen LogP contribution in [0.2, 0.25) is 0 Å². The molecule has 0 atom stereocenters. The lowest BCUT2D eigenvalue weighted by Crippen LogP contribution is -2.01. The molecule has 3 aromatic rings. The van der Waals surface area contributed by atoms with Crippen molar-refractivity contribution in [3.05, 3.63) is 47.7 Å². The Balaban J connectivity index is 2.39. The molecular formula is C16H14N4O. The molecular weight excluding hydrogens is 264 g/mol. The number of nitrogens with zero attached hydrogens (tertiary/aromatic N) is 4. The third-order valence-corrected chi connectivity index (χ3v) is 3.51. The first-order chi connectivity index (χ1) is 10.1. The second kappa shape index (κ2) is 4.91. The second-order valence-electron chi connectivity index (χ2n) is 4.85. The van der Waals surface area contributed by atoms with Crippen molar-refractivity contribution in [1.29, 1.82) is 5.26 Å². The maximum Gasteiger partial charge on any atom is 0.147 e. The Bertz CT molecular complexity index is 874. The van der Waals surface area contributed by atoms with Crippen LogP contribution in [0.4, 0.5) is 0 Å². The first kappa shape index (κ1) is 13.1. The van der Waals surface area contributed by atoms with Crippen LogP contribution in [0.5, 0.6) is 5.75 Å². The van der Waals surface area contributed by atoms with Crippen LogP contribution in [0.1, 0.15) is 17.0 Å². The number of nitriles is 1. The van der Waals surface area contributed by atoms with Crippen molar-refractivity contribution in [2.45, 2.75) is 13.8 Å². The SMILES string of the molecule is COc1ccc2c(-n3cnc(C)c3)nc(C#N)c(C)c2c1. The number of hydrogen-bond acceptors (Lipinski definition) is 4. The number of fused-ring (bicyclic) bond motifs is 1. The van der Waals surface area contributed by atoms with E-state index in [0.717, 1.165) is 27.8 Å². The molecule has 5 nitrogen and oxygen atoms in total. The minimum absolute atomic E-state index is 0.414. The highest BCUT2D eigenvalue weighted by atomic mass is 16.5. The summed E-state index contributed by atoms with van der Waals surface area (Å²) in [4.78, 5) is 8.71. The summed E-state index contributed by atoms with van der Waals surface area (Å²) in [5, 5.41) is 11.2. The topological polar surface area (TPSA) is 63.7 Å². The Hall–Kier alpha value is -2.87. The molecule has 0 fully saturated rings. The van der Waals surface area contributed by atoms with E-state index in [-0.39, 0.29) is 0 Å². The lowest BCUT2D eigenvalue weighted by atomic mass is 10.0. The average molecular weight is 278 g/mol. The summed E-state index contributed by atoms with van der Waals surface area (Å²) in [6, 6.07) is 7.94. The van der Waals surface area contributed by atoms with Crippen LogP contribution < -0.4 is 4.74 Å². The van der Waals surface area contributed by atoms with Crippen LogP contribution in [0.15, 0.2) is 30.7 Å². The van der Waals surface area contributed by atoms with Crippen LogP contribution in [-0.4, -0.2) is 21.6 Å². The lowest BCUT2D eigenvalue weighted by Gasteiger charge is -2.11. The maximum absolute atomic E-state index is 9.31. The molecule has 0 N–H and O–H groups in total. The van der Waals surface area contributed by atoms with E-state index >= 15 is 0 Å². The Kier molecular flexibility index (Phi) is 3.07. The summed E-state index contributed by atoms with van der Waals surface area (Å²) >= 11 is 0.